The summed E-state index contributed by atoms with van der Waals surface area (Å²) >= 11 is 0. The van der Waals surface area contributed by atoms with Crippen molar-refractivity contribution in [2.24, 2.45) is 0 Å². The highest BCUT2D eigenvalue weighted by Gasteiger charge is 2.15. The highest BCUT2D eigenvalue weighted by Crippen LogP contribution is 2.29. The summed E-state index contributed by atoms with van der Waals surface area (Å²) in [6, 6.07) is 18.8. The van der Waals surface area contributed by atoms with Gasteiger partial charge in [0, 0.05) is 12.7 Å². The van der Waals surface area contributed by atoms with E-state index >= 15 is 0 Å². The molecule has 3 aromatic carbocycles. The summed E-state index contributed by atoms with van der Waals surface area (Å²) < 4.78 is 17.0. The van der Waals surface area contributed by atoms with Gasteiger partial charge in [0.2, 0.25) is 0 Å². The standard InChI is InChI=1S/C25H28O4/c1-3-5-14-27-16-21(29-25(26)4-2)17-28-18-24-22-12-8-6-10-19(22)15-20-11-7-9-13-23(20)24/h4,6-13,15,21H,2-3,5,14,16-18H2,1H3. The number of hydrogen-bond donors (Lipinski definition) is 0. The fourth-order valence-corrected chi connectivity index (χ4v) is 3.35. The molecule has 0 heterocycles. The Morgan fingerprint density at radius 1 is 1.00 bits per heavy atom. The highest BCUT2D eigenvalue weighted by atomic mass is 16.6. The zero-order chi connectivity index (χ0) is 20.5. The molecule has 4 heteroatoms. The first-order valence-electron chi connectivity index (χ1n) is 10.1. The molecule has 0 bridgehead atoms. The summed E-state index contributed by atoms with van der Waals surface area (Å²) in [5.41, 5.74) is 1.14. The van der Waals surface area contributed by atoms with Crippen LogP contribution in [0.3, 0.4) is 0 Å². The third-order valence-corrected chi connectivity index (χ3v) is 4.83. The maximum atomic E-state index is 11.6. The smallest absolute Gasteiger partial charge is 0.330 e. The van der Waals surface area contributed by atoms with Gasteiger partial charge in [-0.25, -0.2) is 4.79 Å². The van der Waals surface area contributed by atoms with Crippen LogP contribution in [-0.4, -0.2) is 31.9 Å². The number of benzene rings is 3. The minimum absolute atomic E-state index is 0.267. The molecule has 0 spiro atoms. The van der Waals surface area contributed by atoms with Crippen LogP contribution in [0.1, 0.15) is 25.3 Å². The van der Waals surface area contributed by atoms with Crippen molar-refractivity contribution in [2.75, 3.05) is 19.8 Å². The van der Waals surface area contributed by atoms with Crippen molar-refractivity contribution in [1.82, 2.24) is 0 Å². The monoisotopic (exact) mass is 392 g/mol. The van der Waals surface area contributed by atoms with Gasteiger partial charge in [0.05, 0.1) is 19.8 Å². The molecule has 1 atom stereocenters. The van der Waals surface area contributed by atoms with E-state index in [1.54, 1.807) is 0 Å². The average Bonchev–Trinajstić information content (AvgIpc) is 2.75. The molecule has 29 heavy (non-hydrogen) atoms. The Kier molecular flexibility index (Phi) is 7.79. The lowest BCUT2D eigenvalue weighted by Crippen LogP contribution is -2.28. The first-order chi connectivity index (χ1) is 14.2. The van der Waals surface area contributed by atoms with Crippen molar-refractivity contribution < 1.29 is 19.0 Å². The molecule has 0 saturated carbocycles. The summed E-state index contributed by atoms with van der Waals surface area (Å²) in [4.78, 5) is 11.6. The van der Waals surface area contributed by atoms with Gasteiger partial charge in [-0.3, -0.25) is 0 Å². The van der Waals surface area contributed by atoms with Crippen LogP contribution in [-0.2, 0) is 25.6 Å². The molecule has 0 radical (unpaired) electrons. The van der Waals surface area contributed by atoms with E-state index in [-0.39, 0.29) is 6.61 Å². The molecule has 0 aliphatic rings. The molecule has 4 nitrogen and oxygen atoms in total. The van der Waals surface area contributed by atoms with Crippen LogP contribution in [0, 0.1) is 0 Å². The number of unbranched alkanes of at least 4 members (excludes halogenated alkanes) is 1. The van der Waals surface area contributed by atoms with Crippen molar-refractivity contribution in [2.45, 2.75) is 32.5 Å². The Labute approximate surface area is 172 Å². The van der Waals surface area contributed by atoms with Crippen LogP contribution in [0.5, 0.6) is 0 Å². The molecular weight excluding hydrogens is 364 g/mol. The summed E-state index contributed by atoms with van der Waals surface area (Å²) in [7, 11) is 0. The Balaban J connectivity index is 1.73. The molecule has 152 valence electrons. The Hall–Kier alpha value is -2.69. The van der Waals surface area contributed by atoms with Crippen molar-refractivity contribution in [1.29, 1.82) is 0 Å². The van der Waals surface area contributed by atoms with Gasteiger partial charge in [0.25, 0.3) is 0 Å². The summed E-state index contributed by atoms with van der Waals surface area (Å²) in [5, 5.41) is 4.71. The van der Waals surface area contributed by atoms with Crippen molar-refractivity contribution >= 4 is 27.5 Å². The first-order valence-corrected chi connectivity index (χ1v) is 10.1. The molecule has 1 unspecified atom stereocenters. The van der Waals surface area contributed by atoms with Gasteiger partial charge in [-0.05, 0) is 39.6 Å². The van der Waals surface area contributed by atoms with Crippen molar-refractivity contribution in [3.05, 3.63) is 72.8 Å². The van der Waals surface area contributed by atoms with E-state index in [1.807, 2.05) is 24.3 Å². The van der Waals surface area contributed by atoms with E-state index in [9.17, 15) is 4.79 Å². The quantitative estimate of drug-likeness (QED) is 0.189. The van der Waals surface area contributed by atoms with Gasteiger partial charge in [0.15, 0.2) is 0 Å². The molecule has 0 amide bonds. The van der Waals surface area contributed by atoms with Crippen molar-refractivity contribution in [3.8, 4) is 0 Å². The lowest BCUT2D eigenvalue weighted by molar-refractivity contribution is -0.150. The molecule has 0 aliphatic heterocycles. The van der Waals surface area contributed by atoms with Crippen LogP contribution in [0.15, 0.2) is 67.3 Å². The Morgan fingerprint density at radius 3 is 2.24 bits per heavy atom. The number of carbonyl (C=O) groups is 1. The van der Waals surface area contributed by atoms with Crippen LogP contribution in [0.4, 0.5) is 0 Å². The van der Waals surface area contributed by atoms with Gasteiger partial charge in [-0.2, -0.15) is 0 Å². The van der Waals surface area contributed by atoms with Gasteiger partial charge >= 0.3 is 5.97 Å². The maximum Gasteiger partial charge on any atom is 0.330 e. The summed E-state index contributed by atoms with van der Waals surface area (Å²) in [5.74, 6) is -0.465. The van der Waals surface area contributed by atoms with Gasteiger partial charge in [-0.1, -0.05) is 68.5 Å². The molecule has 0 aromatic heterocycles. The number of esters is 1. The second-order valence-corrected chi connectivity index (χ2v) is 7.00. The van der Waals surface area contributed by atoms with Gasteiger partial charge < -0.3 is 14.2 Å². The fourth-order valence-electron chi connectivity index (χ4n) is 3.35. The predicted molar refractivity (Wildman–Crippen MR) is 117 cm³/mol. The molecular formula is C25H28O4. The van der Waals surface area contributed by atoms with Crippen LogP contribution < -0.4 is 0 Å². The highest BCUT2D eigenvalue weighted by molar-refractivity contribution is 6.02. The van der Waals surface area contributed by atoms with Crippen molar-refractivity contribution in [3.63, 3.8) is 0 Å². The summed E-state index contributed by atoms with van der Waals surface area (Å²) in [6.45, 7) is 7.23. The third kappa shape index (κ3) is 5.66. The molecule has 3 rings (SSSR count). The van der Waals surface area contributed by atoms with E-state index in [0.717, 1.165) is 24.5 Å². The summed E-state index contributed by atoms with van der Waals surface area (Å²) in [6.07, 6.45) is 2.74. The predicted octanol–water partition coefficient (Wildman–Crippen LogP) is 5.42. The van der Waals surface area contributed by atoms with Crippen LogP contribution in [0.2, 0.25) is 0 Å². The Bertz CT molecular complexity index is 909. The minimum atomic E-state index is -0.465. The normalized spacial score (nSPS) is 12.2. The third-order valence-electron chi connectivity index (χ3n) is 4.83. The van der Waals surface area contributed by atoms with Gasteiger partial charge in [-0.15, -0.1) is 0 Å². The van der Waals surface area contributed by atoms with Crippen LogP contribution in [0.25, 0.3) is 21.5 Å². The largest absolute Gasteiger partial charge is 0.454 e. The zero-order valence-electron chi connectivity index (χ0n) is 16.9. The lowest BCUT2D eigenvalue weighted by atomic mass is 9.97. The molecule has 0 fully saturated rings. The van der Waals surface area contributed by atoms with E-state index < -0.39 is 12.1 Å². The average molecular weight is 392 g/mol. The molecule has 3 aromatic rings. The van der Waals surface area contributed by atoms with Crippen LogP contribution >= 0.6 is 0 Å². The number of hydrogen-bond acceptors (Lipinski definition) is 4. The fraction of sp³-hybridized carbons (Fsp3) is 0.320. The number of rotatable bonds is 11. The zero-order valence-corrected chi connectivity index (χ0v) is 16.9. The molecule has 0 saturated heterocycles. The maximum absolute atomic E-state index is 11.6. The van der Waals surface area contributed by atoms with E-state index in [4.69, 9.17) is 14.2 Å². The Morgan fingerprint density at radius 2 is 1.62 bits per heavy atom. The lowest BCUT2D eigenvalue weighted by Gasteiger charge is -2.18. The second-order valence-electron chi connectivity index (χ2n) is 7.00. The number of fused-ring (bicyclic) bond motifs is 2. The first kappa shape index (κ1) is 21.0. The molecule has 0 N–H and O–H groups in total. The SMILES string of the molecule is C=CC(=O)OC(COCCCC)COCc1c2ccccc2cc2ccccc12. The van der Waals surface area contributed by atoms with E-state index in [0.29, 0.717) is 19.8 Å². The number of carbonyl (C=O) groups excluding carboxylic acids is 1. The second kappa shape index (κ2) is 10.7. The minimum Gasteiger partial charge on any atom is -0.454 e. The number of ether oxygens (including phenoxy) is 3. The van der Waals surface area contributed by atoms with E-state index in [1.165, 1.54) is 21.5 Å². The molecule has 0 aliphatic carbocycles. The van der Waals surface area contributed by atoms with Gasteiger partial charge in [0.1, 0.15) is 6.10 Å². The van der Waals surface area contributed by atoms with E-state index in [2.05, 4.69) is 43.8 Å². The topological polar surface area (TPSA) is 44.8 Å².